The van der Waals surface area contributed by atoms with Crippen LogP contribution in [-0.4, -0.2) is 30.9 Å². The van der Waals surface area contributed by atoms with Crippen LogP contribution in [0.5, 0.6) is 0 Å². The van der Waals surface area contributed by atoms with Gasteiger partial charge in [-0.1, -0.05) is 0 Å². The van der Waals surface area contributed by atoms with Crippen molar-refractivity contribution in [3.63, 3.8) is 0 Å². The molecule has 0 aromatic heterocycles. The number of anilines is 2. The highest BCUT2D eigenvalue weighted by molar-refractivity contribution is 5.91. The molecular formula is C14H19FN4O. The molecule has 0 bridgehead atoms. The fourth-order valence-electron chi connectivity index (χ4n) is 1.71. The number of hydrogen-bond donors (Lipinski definition) is 2. The summed E-state index contributed by atoms with van der Waals surface area (Å²) in [6, 6.07) is 6.13. The lowest BCUT2D eigenvalue weighted by Crippen LogP contribution is -2.22. The minimum atomic E-state index is -0.501. The molecule has 0 aliphatic heterocycles. The molecular weight excluding hydrogens is 259 g/mol. The van der Waals surface area contributed by atoms with E-state index >= 15 is 0 Å². The van der Waals surface area contributed by atoms with Crippen molar-refractivity contribution in [3.8, 4) is 6.07 Å². The fourth-order valence-corrected chi connectivity index (χ4v) is 1.71. The Morgan fingerprint density at radius 1 is 1.50 bits per heavy atom. The number of rotatable bonds is 7. The second-order valence-electron chi connectivity index (χ2n) is 4.60. The number of amides is 1. The number of carbonyl (C=O) groups excluding carboxylic acids is 1. The van der Waals surface area contributed by atoms with E-state index in [1.807, 2.05) is 11.9 Å². The summed E-state index contributed by atoms with van der Waals surface area (Å²) < 4.78 is 13.4. The Kier molecular flexibility index (Phi) is 6.47. The zero-order chi connectivity index (χ0) is 15.0. The zero-order valence-electron chi connectivity index (χ0n) is 11.5. The molecule has 0 aliphatic carbocycles. The number of nitrogen functional groups attached to an aromatic ring is 1. The van der Waals surface area contributed by atoms with Crippen molar-refractivity contribution in [3.05, 3.63) is 24.0 Å². The summed E-state index contributed by atoms with van der Waals surface area (Å²) in [4.78, 5) is 13.7. The standard InChI is InChI=1S/C14H19FN4O/c1-19(9-3-7-16)8-2-4-14(20)18-13-10-11(17)5-6-12(13)15/h5-6,10H,2-4,8-9,17H2,1H3,(H,18,20). The first-order valence-corrected chi connectivity index (χ1v) is 6.43. The largest absolute Gasteiger partial charge is 0.399 e. The van der Waals surface area contributed by atoms with Gasteiger partial charge in [0.25, 0.3) is 0 Å². The van der Waals surface area contributed by atoms with Gasteiger partial charge in [-0.15, -0.1) is 0 Å². The fraction of sp³-hybridized carbons (Fsp3) is 0.429. The maximum Gasteiger partial charge on any atom is 0.224 e. The molecule has 1 rings (SSSR count). The number of nitrogens with two attached hydrogens (primary N) is 1. The normalized spacial score (nSPS) is 10.3. The molecule has 1 amide bonds. The van der Waals surface area contributed by atoms with Crippen LogP contribution in [0.4, 0.5) is 15.8 Å². The molecule has 1 aromatic carbocycles. The molecule has 0 unspecified atom stereocenters. The SMILES string of the molecule is CN(CCC#N)CCCC(=O)Nc1cc(N)ccc1F. The third-order valence-electron chi connectivity index (χ3n) is 2.81. The molecule has 20 heavy (non-hydrogen) atoms. The molecule has 6 heteroatoms. The van der Waals surface area contributed by atoms with Gasteiger partial charge in [-0.25, -0.2) is 4.39 Å². The summed E-state index contributed by atoms with van der Waals surface area (Å²) in [5.41, 5.74) is 6.04. The van der Waals surface area contributed by atoms with Crippen LogP contribution in [0.25, 0.3) is 0 Å². The van der Waals surface area contributed by atoms with Crippen LogP contribution >= 0.6 is 0 Å². The highest BCUT2D eigenvalue weighted by Crippen LogP contribution is 2.17. The molecule has 0 heterocycles. The smallest absolute Gasteiger partial charge is 0.224 e. The number of hydrogen-bond acceptors (Lipinski definition) is 4. The Balaban J connectivity index is 2.34. The third-order valence-corrected chi connectivity index (χ3v) is 2.81. The number of halogens is 1. The maximum absolute atomic E-state index is 13.4. The highest BCUT2D eigenvalue weighted by atomic mass is 19.1. The second kappa shape index (κ2) is 8.12. The molecule has 0 atom stereocenters. The molecule has 108 valence electrons. The minimum absolute atomic E-state index is 0.104. The van der Waals surface area contributed by atoms with Crippen LogP contribution < -0.4 is 11.1 Å². The van der Waals surface area contributed by atoms with E-state index in [1.54, 1.807) is 0 Å². The predicted octanol–water partition coefficient (Wildman–Crippen LogP) is 1.97. The van der Waals surface area contributed by atoms with Crippen molar-refractivity contribution in [1.29, 1.82) is 5.26 Å². The average Bonchev–Trinajstić information content (AvgIpc) is 2.40. The van der Waals surface area contributed by atoms with Crippen LogP contribution in [-0.2, 0) is 4.79 Å². The third kappa shape index (κ3) is 5.67. The Labute approximate surface area is 118 Å². The van der Waals surface area contributed by atoms with E-state index in [1.165, 1.54) is 18.2 Å². The van der Waals surface area contributed by atoms with Gasteiger partial charge >= 0.3 is 0 Å². The predicted molar refractivity (Wildman–Crippen MR) is 76.4 cm³/mol. The summed E-state index contributed by atoms with van der Waals surface area (Å²) in [5, 5.41) is 11.0. The van der Waals surface area contributed by atoms with Crippen LogP contribution in [0.1, 0.15) is 19.3 Å². The molecule has 0 aliphatic rings. The lowest BCUT2D eigenvalue weighted by Gasteiger charge is -2.14. The van der Waals surface area contributed by atoms with E-state index in [0.717, 1.165) is 0 Å². The number of nitrogens with zero attached hydrogens (tertiary/aromatic N) is 2. The lowest BCUT2D eigenvalue weighted by molar-refractivity contribution is -0.116. The van der Waals surface area contributed by atoms with E-state index < -0.39 is 5.82 Å². The maximum atomic E-state index is 13.4. The zero-order valence-corrected chi connectivity index (χ0v) is 11.5. The molecule has 5 nitrogen and oxygen atoms in total. The Bertz CT molecular complexity index is 498. The van der Waals surface area contributed by atoms with Gasteiger partial charge in [-0.05, 0) is 38.2 Å². The topological polar surface area (TPSA) is 82.2 Å². The van der Waals surface area contributed by atoms with Crippen LogP contribution in [0, 0.1) is 17.1 Å². The summed E-state index contributed by atoms with van der Waals surface area (Å²) in [6.07, 6.45) is 1.42. The number of carbonyl (C=O) groups is 1. The second-order valence-corrected chi connectivity index (χ2v) is 4.60. The number of nitrogens with one attached hydrogen (secondary N) is 1. The van der Waals surface area contributed by atoms with Crippen molar-refractivity contribution in [2.75, 3.05) is 31.2 Å². The first-order chi connectivity index (χ1) is 9.52. The van der Waals surface area contributed by atoms with E-state index in [0.29, 0.717) is 38.0 Å². The van der Waals surface area contributed by atoms with E-state index in [4.69, 9.17) is 11.0 Å². The van der Waals surface area contributed by atoms with Crippen LogP contribution in [0.2, 0.25) is 0 Å². The first kappa shape index (κ1) is 15.9. The molecule has 0 radical (unpaired) electrons. The van der Waals surface area contributed by atoms with Crippen molar-refractivity contribution >= 4 is 17.3 Å². The van der Waals surface area contributed by atoms with Crippen molar-refractivity contribution in [2.45, 2.75) is 19.3 Å². The number of nitriles is 1. The molecule has 0 spiro atoms. The van der Waals surface area contributed by atoms with E-state index in [-0.39, 0.29) is 11.6 Å². The highest BCUT2D eigenvalue weighted by Gasteiger charge is 2.08. The van der Waals surface area contributed by atoms with Crippen molar-refractivity contribution in [2.24, 2.45) is 0 Å². The molecule has 0 saturated heterocycles. The van der Waals surface area contributed by atoms with Gasteiger partial charge in [0.1, 0.15) is 5.82 Å². The van der Waals surface area contributed by atoms with Gasteiger partial charge in [-0.3, -0.25) is 4.79 Å². The summed E-state index contributed by atoms with van der Waals surface area (Å²) >= 11 is 0. The summed E-state index contributed by atoms with van der Waals surface area (Å²) in [6.45, 7) is 1.40. The molecule has 0 saturated carbocycles. The van der Waals surface area contributed by atoms with Crippen molar-refractivity contribution < 1.29 is 9.18 Å². The van der Waals surface area contributed by atoms with E-state index in [2.05, 4.69) is 11.4 Å². The Morgan fingerprint density at radius 3 is 2.95 bits per heavy atom. The molecule has 3 N–H and O–H groups in total. The quantitative estimate of drug-likeness (QED) is 0.747. The number of benzene rings is 1. The van der Waals surface area contributed by atoms with Gasteiger partial charge in [0, 0.05) is 25.1 Å². The summed E-state index contributed by atoms with van der Waals surface area (Å²) in [7, 11) is 1.90. The van der Waals surface area contributed by atoms with Crippen LogP contribution in [0.15, 0.2) is 18.2 Å². The Morgan fingerprint density at radius 2 is 2.25 bits per heavy atom. The van der Waals surface area contributed by atoms with Crippen LogP contribution in [0.3, 0.4) is 0 Å². The van der Waals surface area contributed by atoms with Crippen molar-refractivity contribution in [1.82, 2.24) is 4.90 Å². The molecule has 1 aromatic rings. The average molecular weight is 278 g/mol. The molecule has 0 fully saturated rings. The van der Waals surface area contributed by atoms with Gasteiger partial charge in [0.2, 0.25) is 5.91 Å². The van der Waals surface area contributed by atoms with Gasteiger partial charge in [-0.2, -0.15) is 5.26 Å². The monoisotopic (exact) mass is 278 g/mol. The Hall–Kier alpha value is -2.13. The van der Waals surface area contributed by atoms with Gasteiger partial charge < -0.3 is 16.0 Å². The lowest BCUT2D eigenvalue weighted by atomic mass is 10.2. The minimum Gasteiger partial charge on any atom is -0.399 e. The van der Waals surface area contributed by atoms with E-state index in [9.17, 15) is 9.18 Å². The van der Waals surface area contributed by atoms with Gasteiger partial charge in [0.05, 0.1) is 11.8 Å². The van der Waals surface area contributed by atoms with Gasteiger partial charge in [0.15, 0.2) is 0 Å². The summed E-state index contributed by atoms with van der Waals surface area (Å²) in [5.74, 6) is -0.748. The first-order valence-electron chi connectivity index (χ1n) is 6.43.